The highest BCUT2D eigenvalue weighted by atomic mass is 32.1. The molecule has 0 saturated heterocycles. The van der Waals surface area contributed by atoms with Gasteiger partial charge in [0.1, 0.15) is 11.9 Å². The smallest absolute Gasteiger partial charge is 0.153 e. The van der Waals surface area contributed by atoms with E-state index in [1.807, 2.05) is 0 Å². The van der Waals surface area contributed by atoms with Crippen molar-refractivity contribution in [2.75, 3.05) is 5.75 Å². The first-order valence-electron chi connectivity index (χ1n) is 4.35. The van der Waals surface area contributed by atoms with Crippen LogP contribution in [0.1, 0.15) is 22.0 Å². The number of aldehydes is 1. The van der Waals surface area contributed by atoms with Crippen LogP contribution in [0.25, 0.3) is 0 Å². The Hall–Kier alpha value is -1.04. The lowest BCUT2D eigenvalue weighted by molar-refractivity contribution is 0.0336. The molecule has 2 unspecified atom stereocenters. The molecule has 15 heavy (non-hydrogen) atoms. The molecule has 0 radical (unpaired) electrons. The fraction of sp³-hybridized carbons (Fsp3) is 0.300. The van der Waals surface area contributed by atoms with E-state index in [2.05, 4.69) is 12.6 Å². The summed E-state index contributed by atoms with van der Waals surface area (Å²) in [5, 5.41) is 28.3. The number of hydrogen-bond donors (Lipinski definition) is 4. The second-order valence-corrected chi connectivity index (χ2v) is 3.50. The van der Waals surface area contributed by atoms with Gasteiger partial charge in [0.2, 0.25) is 0 Å². The zero-order valence-corrected chi connectivity index (χ0v) is 8.76. The van der Waals surface area contributed by atoms with Crippen molar-refractivity contribution in [1.82, 2.24) is 0 Å². The number of aromatic hydroxyl groups is 1. The van der Waals surface area contributed by atoms with Crippen molar-refractivity contribution < 1.29 is 20.1 Å². The summed E-state index contributed by atoms with van der Waals surface area (Å²) in [6.07, 6.45) is -1.61. The van der Waals surface area contributed by atoms with E-state index in [1.165, 1.54) is 18.2 Å². The van der Waals surface area contributed by atoms with Gasteiger partial charge in [-0.05, 0) is 17.7 Å². The molecular weight excluding hydrogens is 216 g/mol. The molecule has 4 nitrogen and oxygen atoms in total. The number of thiol groups is 1. The van der Waals surface area contributed by atoms with Crippen LogP contribution in [0.3, 0.4) is 0 Å². The van der Waals surface area contributed by atoms with E-state index in [-0.39, 0.29) is 17.1 Å². The van der Waals surface area contributed by atoms with Crippen LogP contribution in [0.15, 0.2) is 18.2 Å². The second kappa shape index (κ2) is 5.16. The molecule has 0 aliphatic rings. The largest absolute Gasteiger partial charge is 0.507 e. The van der Waals surface area contributed by atoms with Gasteiger partial charge in [-0.15, -0.1) is 0 Å². The van der Waals surface area contributed by atoms with Crippen LogP contribution in [-0.4, -0.2) is 33.5 Å². The van der Waals surface area contributed by atoms with Gasteiger partial charge in [0, 0.05) is 5.75 Å². The standard InChI is InChI=1S/C10H12O4S/c11-4-7-2-1-6(3-8(7)12)10(14)9(13)5-15/h1-4,9-10,12-15H,5H2. The molecule has 0 amide bonds. The van der Waals surface area contributed by atoms with Crippen LogP contribution in [0.4, 0.5) is 0 Å². The molecule has 5 heteroatoms. The number of aliphatic hydroxyl groups excluding tert-OH is 2. The highest BCUT2D eigenvalue weighted by Crippen LogP contribution is 2.24. The minimum absolute atomic E-state index is 0.108. The maximum absolute atomic E-state index is 10.4. The number of phenolic OH excluding ortho intramolecular Hbond substituents is 1. The number of aliphatic hydroxyl groups is 2. The maximum atomic E-state index is 10.4. The van der Waals surface area contributed by atoms with Crippen molar-refractivity contribution in [1.29, 1.82) is 0 Å². The summed E-state index contributed by atoms with van der Waals surface area (Å²) in [5.74, 6) is -0.106. The fourth-order valence-corrected chi connectivity index (χ4v) is 1.37. The Morgan fingerprint density at radius 1 is 1.40 bits per heavy atom. The summed E-state index contributed by atoms with van der Waals surface area (Å²) in [5.41, 5.74) is 0.492. The van der Waals surface area contributed by atoms with Gasteiger partial charge < -0.3 is 15.3 Å². The molecule has 0 aromatic heterocycles. The van der Waals surface area contributed by atoms with Crippen molar-refractivity contribution in [3.63, 3.8) is 0 Å². The van der Waals surface area contributed by atoms with Crippen LogP contribution >= 0.6 is 12.6 Å². The lowest BCUT2D eigenvalue weighted by atomic mass is 10.0. The number of carbonyl (C=O) groups is 1. The quantitative estimate of drug-likeness (QED) is 0.448. The molecular formula is C10H12O4S. The first kappa shape index (κ1) is 12.0. The summed E-state index contributed by atoms with van der Waals surface area (Å²) in [6, 6.07) is 4.11. The van der Waals surface area contributed by atoms with Crippen LogP contribution < -0.4 is 0 Å². The number of rotatable bonds is 4. The normalized spacial score (nSPS) is 14.6. The summed E-state index contributed by atoms with van der Waals surface area (Å²) >= 11 is 3.84. The minimum atomic E-state index is -1.12. The average Bonchev–Trinajstić information content (AvgIpc) is 2.26. The van der Waals surface area contributed by atoms with Crippen molar-refractivity contribution in [2.24, 2.45) is 0 Å². The zero-order chi connectivity index (χ0) is 11.4. The van der Waals surface area contributed by atoms with E-state index in [0.717, 1.165) is 0 Å². The molecule has 2 atom stereocenters. The molecule has 3 N–H and O–H groups in total. The molecule has 0 heterocycles. The molecule has 0 saturated carbocycles. The molecule has 0 aliphatic heterocycles. The monoisotopic (exact) mass is 228 g/mol. The Labute approximate surface area is 92.6 Å². The molecule has 82 valence electrons. The summed E-state index contributed by atoms with van der Waals surface area (Å²) in [4.78, 5) is 10.4. The Morgan fingerprint density at radius 3 is 2.53 bits per heavy atom. The number of carbonyl (C=O) groups excluding carboxylic acids is 1. The van der Waals surface area contributed by atoms with E-state index < -0.39 is 12.2 Å². The van der Waals surface area contributed by atoms with Crippen LogP contribution in [0, 0.1) is 0 Å². The lowest BCUT2D eigenvalue weighted by Crippen LogP contribution is -2.19. The van der Waals surface area contributed by atoms with Crippen molar-refractivity contribution in [2.45, 2.75) is 12.2 Å². The Morgan fingerprint density at radius 2 is 2.07 bits per heavy atom. The van der Waals surface area contributed by atoms with Crippen LogP contribution in [0.2, 0.25) is 0 Å². The number of phenols is 1. The Balaban J connectivity index is 2.96. The first-order valence-corrected chi connectivity index (χ1v) is 4.98. The summed E-state index contributed by atoms with van der Waals surface area (Å²) in [6.45, 7) is 0. The lowest BCUT2D eigenvalue weighted by Gasteiger charge is -2.16. The van der Waals surface area contributed by atoms with Gasteiger partial charge in [-0.3, -0.25) is 4.79 Å². The third-order valence-electron chi connectivity index (χ3n) is 2.07. The van der Waals surface area contributed by atoms with E-state index >= 15 is 0 Å². The molecule has 0 aliphatic carbocycles. The van der Waals surface area contributed by atoms with Gasteiger partial charge in [-0.2, -0.15) is 12.6 Å². The van der Waals surface area contributed by atoms with Gasteiger partial charge in [0.25, 0.3) is 0 Å². The predicted molar refractivity (Wildman–Crippen MR) is 58.3 cm³/mol. The average molecular weight is 228 g/mol. The third-order valence-corrected chi connectivity index (χ3v) is 2.45. The predicted octanol–water partition coefficient (Wildman–Crippen LogP) is 0.529. The third kappa shape index (κ3) is 2.71. The first-order chi connectivity index (χ1) is 7.10. The molecule has 0 spiro atoms. The van der Waals surface area contributed by atoms with Gasteiger partial charge in [0.05, 0.1) is 11.7 Å². The van der Waals surface area contributed by atoms with Crippen molar-refractivity contribution in [3.8, 4) is 5.75 Å². The molecule has 1 aromatic carbocycles. The number of benzene rings is 1. The minimum Gasteiger partial charge on any atom is -0.507 e. The number of hydrogen-bond acceptors (Lipinski definition) is 5. The maximum Gasteiger partial charge on any atom is 0.153 e. The summed E-state index contributed by atoms with van der Waals surface area (Å²) < 4.78 is 0. The summed E-state index contributed by atoms with van der Waals surface area (Å²) in [7, 11) is 0. The van der Waals surface area contributed by atoms with Gasteiger partial charge in [-0.25, -0.2) is 0 Å². The molecule has 0 fully saturated rings. The van der Waals surface area contributed by atoms with E-state index in [0.29, 0.717) is 11.8 Å². The SMILES string of the molecule is O=Cc1ccc(C(O)C(O)CS)cc1O. The van der Waals surface area contributed by atoms with Gasteiger partial charge in [0.15, 0.2) is 6.29 Å². The van der Waals surface area contributed by atoms with Gasteiger partial charge in [-0.1, -0.05) is 6.07 Å². The molecule has 1 rings (SSSR count). The van der Waals surface area contributed by atoms with Crippen LogP contribution in [0.5, 0.6) is 5.75 Å². The van der Waals surface area contributed by atoms with Gasteiger partial charge >= 0.3 is 0 Å². The highest BCUT2D eigenvalue weighted by Gasteiger charge is 2.17. The van der Waals surface area contributed by atoms with Crippen molar-refractivity contribution in [3.05, 3.63) is 29.3 Å². The van der Waals surface area contributed by atoms with Crippen molar-refractivity contribution >= 4 is 18.9 Å². The van der Waals surface area contributed by atoms with E-state index in [4.69, 9.17) is 0 Å². The highest BCUT2D eigenvalue weighted by molar-refractivity contribution is 7.80. The van der Waals surface area contributed by atoms with Crippen LogP contribution in [-0.2, 0) is 0 Å². The zero-order valence-electron chi connectivity index (χ0n) is 7.87. The Bertz CT molecular complexity index is 353. The van der Waals surface area contributed by atoms with E-state index in [1.54, 1.807) is 0 Å². The molecule has 1 aromatic rings. The Kier molecular flexibility index (Phi) is 4.14. The second-order valence-electron chi connectivity index (χ2n) is 3.13. The fourth-order valence-electron chi connectivity index (χ4n) is 1.17. The molecule has 0 bridgehead atoms. The topological polar surface area (TPSA) is 77.8 Å². The van der Waals surface area contributed by atoms with E-state index in [9.17, 15) is 20.1 Å².